The smallest absolute Gasteiger partial charge is 0.218 e. The van der Waals surface area contributed by atoms with E-state index in [-0.39, 0.29) is 11.8 Å². The molecule has 0 aliphatic heterocycles. The summed E-state index contributed by atoms with van der Waals surface area (Å²) in [6.45, 7) is 1.97. The molecule has 1 rings (SSSR count). The summed E-state index contributed by atoms with van der Waals surface area (Å²) < 4.78 is 0. The van der Waals surface area contributed by atoms with Crippen molar-refractivity contribution >= 4 is 17.5 Å². The largest absolute Gasteiger partial charge is 0.370 e. The van der Waals surface area contributed by atoms with E-state index in [1.165, 1.54) is 0 Å². The standard InChI is InChI=1S/C10H12ClNO/c1-7(6-10(12)13)8-2-4-9(11)5-3-8/h2-5,7H,6H2,1H3,(H2,12,13). The van der Waals surface area contributed by atoms with Gasteiger partial charge < -0.3 is 5.73 Å². The fourth-order valence-electron chi connectivity index (χ4n) is 1.21. The zero-order valence-electron chi connectivity index (χ0n) is 7.46. The summed E-state index contributed by atoms with van der Waals surface area (Å²) in [6.07, 6.45) is 0.377. The summed E-state index contributed by atoms with van der Waals surface area (Å²) in [6, 6.07) is 7.45. The Hall–Kier alpha value is -1.02. The predicted octanol–water partition coefficient (Wildman–Crippen LogP) is 2.32. The van der Waals surface area contributed by atoms with Crippen LogP contribution in [0.15, 0.2) is 24.3 Å². The van der Waals surface area contributed by atoms with Crippen LogP contribution in [-0.4, -0.2) is 5.91 Å². The minimum absolute atomic E-state index is 0.162. The van der Waals surface area contributed by atoms with Gasteiger partial charge in [0, 0.05) is 11.4 Å². The molecule has 0 saturated heterocycles. The van der Waals surface area contributed by atoms with Crippen LogP contribution in [0.2, 0.25) is 5.02 Å². The SMILES string of the molecule is CC(CC(N)=O)c1ccc(Cl)cc1. The number of hydrogen-bond donors (Lipinski definition) is 1. The van der Waals surface area contributed by atoms with Crippen molar-refractivity contribution in [2.24, 2.45) is 5.73 Å². The van der Waals surface area contributed by atoms with Crippen molar-refractivity contribution < 1.29 is 4.79 Å². The van der Waals surface area contributed by atoms with Gasteiger partial charge in [-0.1, -0.05) is 30.7 Å². The zero-order valence-corrected chi connectivity index (χ0v) is 8.21. The van der Waals surface area contributed by atoms with Crippen molar-refractivity contribution in [2.75, 3.05) is 0 Å². The topological polar surface area (TPSA) is 43.1 Å². The van der Waals surface area contributed by atoms with E-state index in [1.807, 2.05) is 31.2 Å². The minimum Gasteiger partial charge on any atom is -0.370 e. The van der Waals surface area contributed by atoms with Crippen molar-refractivity contribution in [2.45, 2.75) is 19.3 Å². The van der Waals surface area contributed by atoms with Gasteiger partial charge in [-0.2, -0.15) is 0 Å². The van der Waals surface area contributed by atoms with Gasteiger partial charge >= 0.3 is 0 Å². The third kappa shape index (κ3) is 3.07. The maximum absolute atomic E-state index is 10.6. The van der Waals surface area contributed by atoms with Crippen LogP contribution >= 0.6 is 11.6 Å². The number of nitrogens with two attached hydrogens (primary N) is 1. The van der Waals surface area contributed by atoms with Gasteiger partial charge in [0.15, 0.2) is 0 Å². The van der Waals surface area contributed by atoms with Crippen LogP contribution in [0.3, 0.4) is 0 Å². The second-order valence-corrected chi connectivity index (χ2v) is 3.56. The van der Waals surface area contributed by atoms with Crippen LogP contribution in [0.4, 0.5) is 0 Å². The van der Waals surface area contributed by atoms with Crippen LogP contribution in [0.1, 0.15) is 24.8 Å². The van der Waals surface area contributed by atoms with Gasteiger partial charge in [0.25, 0.3) is 0 Å². The molecule has 0 fully saturated rings. The van der Waals surface area contributed by atoms with E-state index in [1.54, 1.807) is 0 Å². The molecule has 0 aliphatic carbocycles. The van der Waals surface area contributed by atoms with E-state index in [0.717, 1.165) is 5.56 Å². The lowest BCUT2D eigenvalue weighted by Crippen LogP contribution is -2.13. The summed E-state index contributed by atoms with van der Waals surface area (Å²) >= 11 is 5.73. The van der Waals surface area contributed by atoms with Crippen LogP contribution in [0.25, 0.3) is 0 Å². The lowest BCUT2D eigenvalue weighted by molar-refractivity contribution is -0.118. The number of primary amides is 1. The molecule has 13 heavy (non-hydrogen) atoms. The van der Waals surface area contributed by atoms with Gasteiger partial charge in [0.05, 0.1) is 0 Å². The fourth-order valence-corrected chi connectivity index (χ4v) is 1.34. The summed E-state index contributed by atoms with van der Waals surface area (Å²) in [4.78, 5) is 10.6. The molecule has 0 radical (unpaired) electrons. The predicted molar refractivity (Wildman–Crippen MR) is 53.7 cm³/mol. The van der Waals surface area contributed by atoms with Crippen LogP contribution in [0, 0.1) is 0 Å². The maximum Gasteiger partial charge on any atom is 0.218 e. The molecule has 0 heterocycles. The average Bonchev–Trinajstić information content (AvgIpc) is 2.04. The molecular formula is C10H12ClNO. The molecule has 0 spiro atoms. The lowest BCUT2D eigenvalue weighted by atomic mass is 9.98. The first kappa shape index (κ1) is 10.1. The first-order valence-corrected chi connectivity index (χ1v) is 4.51. The third-order valence-corrected chi connectivity index (χ3v) is 2.20. The molecule has 3 heteroatoms. The van der Waals surface area contributed by atoms with Crippen molar-refractivity contribution in [1.29, 1.82) is 0 Å². The highest BCUT2D eigenvalue weighted by Crippen LogP contribution is 2.20. The molecular weight excluding hydrogens is 186 g/mol. The Kier molecular flexibility index (Phi) is 3.32. The molecule has 70 valence electrons. The number of carbonyl (C=O) groups is 1. The third-order valence-electron chi connectivity index (χ3n) is 1.95. The summed E-state index contributed by atoms with van der Waals surface area (Å²) in [7, 11) is 0. The molecule has 1 unspecified atom stereocenters. The second-order valence-electron chi connectivity index (χ2n) is 3.12. The van der Waals surface area contributed by atoms with Crippen molar-refractivity contribution in [3.05, 3.63) is 34.9 Å². The highest BCUT2D eigenvalue weighted by Gasteiger charge is 2.07. The molecule has 1 amide bonds. The van der Waals surface area contributed by atoms with E-state index in [2.05, 4.69) is 0 Å². The Balaban J connectivity index is 2.71. The number of benzene rings is 1. The Morgan fingerprint density at radius 2 is 2.00 bits per heavy atom. The summed E-state index contributed by atoms with van der Waals surface area (Å²) in [5, 5.41) is 0.704. The Morgan fingerprint density at radius 1 is 1.46 bits per heavy atom. The van der Waals surface area contributed by atoms with Crippen LogP contribution in [-0.2, 0) is 4.79 Å². The first-order valence-electron chi connectivity index (χ1n) is 4.13. The van der Waals surface area contributed by atoms with Gasteiger partial charge in [-0.15, -0.1) is 0 Å². The number of hydrogen-bond acceptors (Lipinski definition) is 1. The van der Waals surface area contributed by atoms with Crippen LogP contribution < -0.4 is 5.73 Å². The number of rotatable bonds is 3. The van der Waals surface area contributed by atoms with Gasteiger partial charge in [0.2, 0.25) is 5.91 Å². The summed E-state index contributed by atoms with van der Waals surface area (Å²) in [5.41, 5.74) is 6.18. The van der Waals surface area contributed by atoms with Crippen molar-refractivity contribution in [3.63, 3.8) is 0 Å². The second kappa shape index (κ2) is 4.28. The molecule has 0 aromatic heterocycles. The summed E-state index contributed by atoms with van der Waals surface area (Å²) in [5.74, 6) is -0.114. The maximum atomic E-state index is 10.6. The quantitative estimate of drug-likeness (QED) is 0.794. The average molecular weight is 198 g/mol. The molecule has 0 aliphatic rings. The highest BCUT2D eigenvalue weighted by molar-refractivity contribution is 6.30. The zero-order chi connectivity index (χ0) is 9.84. The van der Waals surface area contributed by atoms with Gasteiger partial charge in [-0.25, -0.2) is 0 Å². The van der Waals surface area contributed by atoms with E-state index in [9.17, 15) is 4.79 Å². The molecule has 1 atom stereocenters. The molecule has 1 aromatic carbocycles. The van der Waals surface area contributed by atoms with Gasteiger partial charge in [-0.05, 0) is 23.6 Å². The van der Waals surface area contributed by atoms with Gasteiger partial charge in [0.1, 0.15) is 0 Å². The Morgan fingerprint density at radius 3 is 2.46 bits per heavy atom. The van der Waals surface area contributed by atoms with Crippen molar-refractivity contribution in [1.82, 2.24) is 0 Å². The molecule has 2 nitrogen and oxygen atoms in total. The molecule has 2 N–H and O–H groups in total. The normalized spacial score (nSPS) is 12.5. The van der Waals surface area contributed by atoms with E-state index in [4.69, 9.17) is 17.3 Å². The Labute approximate surface area is 82.7 Å². The van der Waals surface area contributed by atoms with E-state index in [0.29, 0.717) is 11.4 Å². The monoisotopic (exact) mass is 197 g/mol. The Bertz CT molecular complexity index is 294. The van der Waals surface area contributed by atoms with Gasteiger partial charge in [-0.3, -0.25) is 4.79 Å². The lowest BCUT2D eigenvalue weighted by Gasteiger charge is -2.08. The highest BCUT2D eigenvalue weighted by atomic mass is 35.5. The first-order chi connectivity index (χ1) is 6.09. The van der Waals surface area contributed by atoms with E-state index >= 15 is 0 Å². The molecule has 0 bridgehead atoms. The van der Waals surface area contributed by atoms with E-state index < -0.39 is 0 Å². The molecule has 0 saturated carbocycles. The number of halogens is 1. The number of amides is 1. The minimum atomic E-state index is -0.276. The van der Waals surface area contributed by atoms with Crippen LogP contribution in [0.5, 0.6) is 0 Å². The molecule has 1 aromatic rings. The fraction of sp³-hybridized carbons (Fsp3) is 0.300. The number of carbonyl (C=O) groups excluding carboxylic acids is 1. The van der Waals surface area contributed by atoms with Crippen molar-refractivity contribution in [3.8, 4) is 0 Å².